The van der Waals surface area contributed by atoms with Crippen LogP contribution in [0, 0.1) is 0 Å². The maximum Gasteiger partial charge on any atom is 0.154 e. The number of nitrogens with zero attached hydrogens (tertiary/aromatic N) is 1. The predicted molar refractivity (Wildman–Crippen MR) is 73.7 cm³/mol. The molecule has 18 heavy (non-hydrogen) atoms. The summed E-state index contributed by atoms with van der Waals surface area (Å²) in [6, 6.07) is 2.11. The van der Waals surface area contributed by atoms with Crippen LogP contribution in [0.15, 0.2) is 6.07 Å². The van der Waals surface area contributed by atoms with Crippen LogP contribution in [0.5, 0.6) is 0 Å². The molecule has 0 spiro atoms. The monoisotopic (exact) mass is 286 g/mol. The number of hydrogen-bond acceptors (Lipinski definition) is 5. The van der Waals surface area contributed by atoms with Crippen LogP contribution in [0.4, 0.5) is 0 Å². The number of sulfone groups is 1. The molecule has 1 aromatic heterocycles. The Kier molecular flexibility index (Phi) is 3.44. The highest BCUT2D eigenvalue weighted by atomic mass is 32.2. The molecule has 0 unspecified atom stereocenters. The first kappa shape index (κ1) is 12.6. The number of piperazine rings is 1. The Hall–Kier alpha value is -0.430. The Morgan fingerprint density at radius 1 is 1.33 bits per heavy atom. The number of aryl methyl sites for hydroxylation is 1. The highest BCUT2D eigenvalue weighted by Gasteiger charge is 2.24. The maximum atomic E-state index is 11.6. The van der Waals surface area contributed by atoms with Crippen molar-refractivity contribution in [2.75, 3.05) is 31.9 Å². The van der Waals surface area contributed by atoms with Crippen molar-refractivity contribution in [3.05, 3.63) is 21.4 Å². The van der Waals surface area contributed by atoms with Crippen molar-refractivity contribution in [1.29, 1.82) is 0 Å². The lowest BCUT2D eigenvalue weighted by Gasteiger charge is -2.26. The second kappa shape index (κ2) is 4.92. The van der Waals surface area contributed by atoms with E-state index in [4.69, 9.17) is 0 Å². The lowest BCUT2D eigenvalue weighted by Crippen LogP contribution is -2.42. The fourth-order valence-corrected chi connectivity index (χ4v) is 5.43. The zero-order chi connectivity index (χ0) is 12.6. The van der Waals surface area contributed by atoms with Crippen LogP contribution in [0.3, 0.4) is 0 Å². The predicted octanol–water partition coefficient (Wildman–Crippen LogP) is 0.624. The topological polar surface area (TPSA) is 49.4 Å². The van der Waals surface area contributed by atoms with Gasteiger partial charge >= 0.3 is 0 Å². The summed E-state index contributed by atoms with van der Waals surface area (Å²) in [5.74, 6) is 0.577. The molecule has 2 aliphatic heterocycles. The number of rotatable bonds is 2. The molecule has 0 bridgehead atoms. The largest absolute Gasteiger partial charge is 0.314 e. The zero-order valence-electron chi connectivity index (χ0n) is 10.3. The number of hydrogen-bond donors (Lipinski definition) is 1. The van der Waals surface area contributed by atoms with Crippen LogP contribution in [0.2, 0.25) is 0 Å². The van der Waals surface area contributed by atoms with Crippen LogP contribution < -0.4 is 5.32 Å². The van der Waals surface area contributed by atoms with Gasteiger partial charge < -0.3 is 5.32 Å². The lowest BCUT2D eigenvalue weighted by atomic mass is 10.2. The average Bonchev–Trinajstić information content (AvgIpc) is 2.70. The first-order valence-electron chi connectivity index (χ1n) is 6.36. The molecule has 2 aliphatic rings. The minimum absolute atomic E-state index is 0.250. The van der Waals surface area contributed by atoms with E-state index >= 15 is 0 Å². The SMILES string of the molecule is O=S1(=O)CCc2sc(CN3CCNCC3)cc2C1. The minimum atomic E-state index is -2.83. The van der Waals surface area contributed by atoms with Gasteiger partial charge in [-0.15, -0.1) is 11.3 Å². The fraction of sp³-hybridized carbons (Fsp3) is 0.667. The van der Waals surface area contributed by atoms with Gasteiger partial charge in [0.15, 0.2) is 9.84 Å². The van der Waals surface area contributed by atoms with E-state index in [1.54, 1.807) is 11.3 Å². The Labute approximate surface area is 112 Å². The summed E-state index contributed by atoms with van der Waals surface area (Å²) in [6.07, 6.45) is 0.712. The molecule has 1 N–H and O–H groups in total. The van der Waals surface area contributed by atoms with Gasteiger partial charge in [0.05, 0.1) is 11.5 Å². The third-order valence-electron chi connectivity index (χ3n) is 3.55. The van der Waals surface area contributed by atoms with E-state index in [1.165, 1.54) is 9.75 Å². The quantitative estimate of drug-likeness (QED) is 0.866. The summed E-state index contributed by atoms with van der Waals surface area (Å²) < 4.78 is 23.2. The molecule has 3 heterocycles. The highest BCUT2D eigenvalue weighted by molar-refractivity contribution is 7.90. The zero-order valence-corrected chi connectivity index (χ0v) is 11.9. The second-order valence-electron chi connectivity index (χ2n) is 5.03. The summed E-state index contributed by atoms with van der Waals surface area (Å²) in [4.78, 5) is 5.04. The van der Waals surface area contributed by atoms with Gasteiger partial charge in [-0.1, -0.05) is 0 Å². The molecule has 1 fully saturated rings. The summed E-state index contributed by atoms with van der Waals surface area (Å²) >= 11 is 1.80. The van der Waals surface area contributed by atoms with Gasteiger partial charge in [-0.05, 0) is 18.1 Å². The molecule has 0 aliphatic carbocycles. The van der Waals surface area contributed by atoms with E-state index in [9.17, 15) is 8.42 Å². The molecule has 100 valence electrons. The molecule has 1 saturated heterocycles. The molecule has 0 radical (unpaired) electrons. The third kappa shape index (κ3) is 2.77. The fourth-order valence-electron chi connectivity index (χ4n) is 2.59. The van der Waals surface area contributed by atoms with Crippen molar-refractivity contribution in [3.63, 3.8) is 0 Å². The molecular weight excluding hydrogens is 268 g/mol. The number of fused-ring (bicyclic) bond motifs is 1. The van der Waals surface area contributed by atoms with E-state index in [-0.39, 0.29) is 5.75 Å². The maximum absolute atomic E-state index is 11.6. The van der Waals surface area contributed by atoms with Crippen LogP contribution in [0.25, 0.3) is 0 Å². The van der Waals surface area contributed by atoms with E-state index in [0.717, 1.165) is 38.3 Å². The Balaban J connectivity index is 1.73. The first-order chi connectivity index (χ1) is 8.62. The van der Waals surface area contributed by atoms with Gasteiger partial charge in [-0.25, -0.2) is 8.42 Å². The third-order valence-corrected chi connectivity index (χ3v) is 6.35. The smallest absolute Gasteiger partial charge is 0.154 e. The molecule has 3 rings (SSSR count). The van der Waals surface area contributed by atoms with Crippen molar-refractivity contribution >= 4 is 21.2 Å². The lowest BCUT2D eigenvalue weighted by molar-refractivity contribution is 0.235. The van der Waals surface area contributed by atoms with Gasteiger partial charge in [0, 0.05) is 42.5 Å². The molecule has 0 saturated carbocycles. The Bertz CT molecular complexity index is 530. The van der Waals surface area contributed by atoms with Gasteiger partial charge in [0.1, 0.15) is 0 Å². The molecule has 0 atom stereocenters. The van der Waals surface area contributed by atoms with Crippen LogP contribution in [-0.4, -0.2) is 45.2 Å². The van der Waals surface area contributed by atoms with Crippen molar-refractivity contribution < 1.29 is 8.42 Å². The van der Waals surface area contributed by atoms with E-state index in [2.05, 4.69) is 16.3 Å². The average molecular weight is 286 g/mol. The standard InChI is InChI=1S/C12H18N2O2S2/c15-18(16)6-1-12-10(9-18)7-11(17-12)8-14-4-2-13-3-5-14/h7,13H,1-6,8-9H2. The summed E-state index contributed by atoms with van der Waals surface area (Å²) in [5, 5.41) is 3.34. The number of nitrogens with one attached hydrogen (secondary N) is 1. The summed E-state index contributed by atoms with van der Waals surface area (Å²) in [6.45, 7) is 5.25. The van der Waals surface area contributed by atoms with Gasteiger partial charge in [0.2, 0.25) is 0 Å². The van der Waals surface area contributed by atoms with Gasteiger partial charge in [-0.3, -0.25) is 4.90 Å². The van der Waals surface area contributed by atoms with Crippen molar-refractivity contribution in [3.8, 4) is 0 Å². The summed E-state index contributed by atoms with van der Waals surface area (Å²) in [5.41, 5.74) is 1.05. The molecule has 4 nitrogen and oxygen atoms in total. The van der Waals surface area contributed by atoms with Crippen molar-refractivity contribution in [2.24, 2.45) is 0 Å². The van der Waals surface area contributed by atoms with Crippen molar-refractivity contribution in [1.82, 2.24) is 10.2 Å². The second-order valence-corrected chi connectivity index (χ2v) is 8.43. The van der Waals surface area contributed by atoms with Crippen LogP contribution in [0.1, 0.15) is 15.3 Å². The van der Waals surface area contributed by atoms with E-state index in [1.807, 2.05) is 0 Å². The van der Waals surface area contributed by atoms with Crippen LogP contribution in [-0.2, 0) is 28.6 Å². The van der Waals surface area contributed by atoms with E-state index < -0.39 is 9.84 Å². The Morgan fingerprint density at radius 2 is 2.11 bits per heavy atom. The van der Waals surface area contributed by atoms with Gasteiger partial charge in [0.25, 0.3) is 0 Å². The first-order valence-corrected chi connectivity index (χ1v) is 9.00. The summed E-state index contributed by atoms with van der Waals surface area (Å²) in [7, 11) is -2.83. The normalized spacial score (nSPS) is 23.8. The van der Waals surface area contributed by atoms with Gasteiger partial charge in [-0.2, -0.15) is 0 Å². The molecule has 1 aromatic rings. The number of thiophene rings is 1. The van der Waals surface area contributed by atoms with E-state index in [0.29, 0.717) is 12.2 Å². The molecule has 0 aromatic carbocycles. The molecule has 6 heteroatoms. The molecule has 0 amide bonds. The molecular formula is C12H18N2O2S2. The van der Waals surface area contributed by atoms with Crippen LogP contribution >= 0.6 is 11.3 Å². The van der Waals surface area contributed by atoms with Crippen molar-refractivity contribution in [2.45, 2.75) is 18.7 Å². The highest BCUT2D eigenvalue weighted by Crippen LogP contribution is 2.30. The Morgan fingerprint density at radius 3 is 2.89 bits per heavy atom. The minimum Gasteiger partial charge on any atom is -0.314 e.